The lowest BCUT2D eigenvalue weighted by Gasteiger charge is -2.10. The number of sulfonamides is 1. The highest BCUT2D eigenvalue weighted by molar-refractivity contribution is 7.90. The van der Waals surface area contributed by atoms with E-state index in [-0.39, 0.29) is 10.9 Å². The maximum absolute atomic E-state index is 12.5. The van der Waals surface area contributed by atoms with Gasteiger partial charge in [0, 0.05) is 26.2 Å². The van der Waals surface area contributed by atoms with Gasteiger partial charge in [0.15, 0.2) is 5.03 Å². The molecule has 0 aromatic carbocycles. The summed E-state index contributed by atoms with van der Waals surface area (Å²) in [5.74, 6) is -0.433. The van der Waals surface area contributed by atoms with Gasteiger partial charge >= 0.3 is 0 Å². The quantitative estimate of drug-likeness (QED) is 0.895. The zero-order valence-corrected chi connectivity index (χ0v) is 13.9. The van der Waals surface area contributed by atoms with Crippen molar-refractivity contribution in [1.82, 2.24) is 24.3 Å². The fourth-order valence-electron chi connectivity index (χ4n) is 3.04. The van der Waals surface area contributed by atoms with Crippen molar-refractivity contribution in [2.45, 2.75) is 36.6 Å². The smallest absolute Gasteiger partial charge is 0.275 e. The van der Waals surface area contributed by atoms with Gasteiger partial charge in [0.25, 0.3) is 15.9 Å². The Labute approximate surface area is 134 Å². The lowest BCUT2D eigenvalue weighted by molar-refractivity contribution is 0.0980. The Morgan fingerprint density at radius 3 is 2.61 bits per heavy atom. The first-order valence-electron chi connectivity index (χ1n) is 7.47. The third-order valence-electron chi connectivity index (χ3n) is 4.12. The van der Waals surface area contributed by atoms with Crippen molar-refractivity contribution in [3.05, 3.63) is 29.7 Å². The summed E-state index contributed by atoms with van der Waals surface area (Å²) in [5, 5.41) is 8.13. The SMILES string of the molecule is Cn1cc(C(=O)NS(=O)(=O)c2ccnn2C)c(C2CCCC2)n1. The van der Waals surface area contributed by atoms with Crippen LogP contribution in [0.4, 0.5) is 0 Å². The lowest BCUT2D eigenvalue weighted by Crippen LogP contribution is -2.32. The minimum Gasteiger partial charge on any atom is -0.275 e. The maximum atomic E-state index is 12.5. The molecule has 0 aliphatic heterocycles. The van der Waals surface area contributed by atoms with Crippen LogP contribution in [0.25, 0.3) is 0 Å². The third kappa shape index (κ3) is 3.00. The highest BCUT2D eigenvalue weighted by Crippen LogP contribution is 2.34. The van der Waals surface area contributed by atoms with Crippen molar-refractivity contribution in [2.24, 2.45) is 14.1 Å². The number of carbonyl (C=O) groups excluding carboxylic acids is 1. The number of aromatic nitrogens is 4. The first-order chi connectivity index (χ1) is 10.9. The van der Waals surface area contributed by atoms with E-state index in [0.717, 1.165) is 25.7 Å². The molecule has 8 nitrogen and oxygen atoms in total. The predicted molar refractivity (Wildman–Crippen MR) is 82.3 cm³/mol. The van der Waals surface area contributed by atoms with Crippen LogP contribution in [0.1, 0.15) is 47.7 Å². The van der Waals surface area contributed by atoms with Gasteiger partial charge in [0.1, 0.15) is 0 Å². The summed E-state index contributed by atoms with van der Waals surface area (Å²) in [5.41, 5.74) is 1.01. The average molecular weight is 337 g/mol. The monoisotopic (exact) mass is 337 g/mol. The van der Waals surface area contributed by atoms with Crippen LogP contribution >= 0.6 is 0 Å². The van der Waals surface area contributed by atoms with Crippen LogP contribution in [0.5, 0.6) is 0 Å². The lowest BCUT2D eigenvalue weighted by atomic mass is 10.0. The number of nitrogens with zero attached hydrogens (tertiary/aromatic N) is 4. The molecule has 0 unspecified atom stereocenters. The molecule has 9 heteroatoms. The van der Waals surface area contributed by atoms with E-state index >= 15 is 0 Å². The van der Waals surface area contributed by atoms with Crippen LogP contribution < -0.4 is 4.72 Å². The van der Waals surface area contributed by atoms with Crippen LogP contribution in [0.2, 0.25) is 0 Å². The summed E-state index contributed by atoms with van der Waals surface area (Å²) in [7, 11) is -0.728. The van der Waals surface area contributed by atoms with Crippen LogP contribution in [-0.2, 0) is 24.1 Å². The molecule has 0 saturated heterocycles. The second-order valence-corrected chi connectivity index (χ2v) is 7.44. The maximum Gasteiger partial charge on any atom is 0.281 e. The Kier molecular flexibility index (Phi) is 3.97. The zero-order chi connectivity index (χ0) is 16.6. The highest BCUT2D eigenvalue weighted by Gasteiger charge is 2.29. The van der Waals surface area contributed by atoms with Crippen LogP contribution in [-0.4, -0.2) is 33.9 Å². The van der Waals surface area contributed by atoms with Crippen molar-refractivity contribution < 1.29 is 13.2 Å². The van der Waals surface area contributed by atoms with Gasteiger partial charge in [-0.15, -0.1) is 0 Å². The van der Waals surface area contributed by atoms with Gasteiger partial charge in [0.2, 0.25) is 0 Å². The molecule has 1 fully saturated rings. The molecule has 1 saturated carbocycles. The van der Waals surface area contributed by atoms with E-state index in [1.807, 2.05) is 0 Å². The van der Waals surface area contributed by atoms with Gasteiger partial charge in [-0.1, -0.05) is 12.8 Å². The Morgan fingerprint density at radius 1 is 1.30 bits per heavy atom. The molecule has 1 N–H and O–H groups in total. The van der Waals surface area contributed by atoms with Gasteiger partial charge in [0.05, 0.1) is 17.5 Å². The Morgan fingerprint density at radius 2 is 2.00 bits per heavy atom. The van der Waals surface area contributed by atoms with Crippen molar-refractivity contribution in [2.75, 3.05) is 0 Å². The van der Waals surface area contributed by atoms with Crippen LogP contribution in [0.15, 0.2) is 23.5 Å². The molecule has 0 atom stereocenters. The Balaban J connectivity index is 1.88. The fourth-order valence-corrected chi connectivity index (χ4v) is 4.13. The number of hydrogen-bond donors (Lipinski definition) is 1. The van der Waals surface area contributed by atoms with Crippen LogP contribution in [0, 0.1) is 0 Å². The summed E-state index contributed by atoms with van der Waals surface area (Å²) in [6, 6.07) is 1.34. The second kappa shape index (κ2) is 5.80. The van der Waals surface area contributed by atoms with Crippen LogP contribution in [0.3, 0.4) is 0 Å². The molecule has 0 radical (unpaired) electrons. The predicted octanol–water partition coefficient (Wildman–Crippen LogP) is 0.930. The van der Waals surface area contributed by atoms with Gasteiger partial charge in [-0.05, 0) is 18.9 Å². The normalized spacial score (nSPS) is 15.9. The molecule has 2 heterocycles. The van der Waals surface area contributed by atoms with Gasteiger partial charge in [-0.25, -0.2) is 4.72 Å². The van der Waals surface area contributed by atoms with E-state index < -0.39 is 15.9 Å². The summed E-state index contributed by atoms with van der Waals surface area (Å²) in [6.07, 6.45) is 7.11. The first kappa shape index (κ1) is 15.7. The highest BCUT2D eigenvalue weighted by atomic mass is 32.2. The first-order valence-corrected chi connectivity index (χ1v) is 8.95. The molecule has 2 aromatic heterocycles. The topological polar surface area (TPSA) is 98.9 Å². The standard InChI is InChI=1S/C14H19N5O3S/c1-18-9-11(13(16-18)10-5-3-4-6-10)14(20)17-23(21,22)12-7-8-15-19(12)2/h7-10H,3-6H2,1-2H3,(H,17,20). The second-order valence-electron chi connectivity index (χ2n) is 5.81. The third-order valence-corrected chi connectivity index (χ3v) is 5.53. The van der Waals surface area contributed by atoms with Gasteiger partial charge in [-0.2, -0.15) is 18.6 Å². The number of rotatable bonds is 4. The minimum atomic E-state index is -3.96. The largest absolute Gasteiger partial charge is 0.281 e. The molecule has 2 aromatic rings. The Bertz CT molecular complexity index is 830. The van der Waals surface area contributed by atoms with Gasteiger partial charge in [-0.3, -0.25) is 14.2 Å². The van der Waals surface area contributed by atoms with Crippen molar-refractivity contribution >= 4 is 15.9 Å². The van der Waals surface area contributed by atoms with E-state index in [9.17, 15) is 13.2 Å². The molecular weight excluding hydrogens is 318 g/mol. The molecule has 0 spiro atoms. The molecule has 0 bridgehead atoms. The molecular formula is C14H19N5O3S. The van der Waals surface area contributed by atoms with E-state index in [1.54, 1.807) is 17.9 Å². The number of amides is 1. The minimum absolute atomic E-state index is 0.0582. The molecule has 23 heavy (non-hydrogen) atoms. The van der Waals surface area contributed by atoms with E-state index in [1.165, 1.54) is 24.0 Å². The van der Waals surface area contributed by atoms with E-state index in [0.29, 0.717) is 11.3 Å². The molecule has 124 valence electrons. The number of aryl methyl sites for hydroxylation is 2. The molecule has 1 aliphatic carbocycles. The summed E-state index contributed by atoms with van der Waals surface area (Å²) >= 11 is 0. The molecule has 1 aliphatic rings. The number of nitrogens with one attached hydrogen (secondary N) is 1. The summed E-state index contributed by atoms with van der Waals surface area (Å²) < 4.78 is 29.5. The molecule has 1 amide bonds. The number of hydrogen-bond acceptors (Lipinski definition) is 5. The average Bonchev–Trinajstić information content (AvgIpc) is 3.17. The fraction of sp³-hybridized carbons (Fsp3) is 0.500. The molecule has 3 rings (SSSR count). The summed E-state index contributed by atoms with van der Waals surface area (Å²) in [4.78, 5) is 12.5. The zero-order valence-electron chi connectivity index (χ0n) is 13.1. The van der Waals surface area contributed by atoms with E-state index in [4.69, 9.17) is 0 Å². The van der Waals surface area contributed by atoms with Crippen molar-refractivity contribution in [3.8, 4) is 0 Å². The van der Waals surface area contributed by atoms with Gasteiger partial charge < -0.3 is 0 Å². The summed E-state index contributed by atoms with van der Waals surface area (Å²) in [6.45, 7) is 0. The Hall–Kier alpha value is -2.16. The van der Waals surface area contributed by atoms with Crippen molar-refractivity contribution in [3.63, 3.8) is 0 Å². The van der Waals surface area contributed by atoms with Crippen molar-refractivity contribution in [1.29, 1.82) is 0 Å². The number of carbonyl (C=O) groups is 1. The van der Waals surface area contributed by atoms with E-state index in [2.05, 4.69) is 14.9 Å².